The highest BCUT2D eigenvalue weighted by molar-refractivity contribution is 5.76. The van der Waals surface area contributed by atoms with E-state index in [2.05, 4.69) is 41.4 Å². The summed E-state index contributed by atoms with van der Waals surface area (Å²) in [6, 6.07) is 8.56. The zero-order valence-electron chi connectivity index (χ0n) is 14.0. The molecule has 0 saturated carbocycles. The minimum Gasteiger partial charge on any atom is -0.385 e. The Morgan fingerprint density at radius 1 is 1.23 bits per heavy atom. The number of carbonyl (C=O) groups excluding carboxylic acids is 1. The summed E-state index contributed by atoms with van der Waals surface area (Å²) in [4.78, 5) is 16.2. The normalized spacial score (nSPS) is 14.2. The summed E-state index contributed by atoms with van der Waals surface area (Å²) in [5.41, 5.74) is 2.39. The Kier molecular flexibility index (Phi) is 6.56. The van der Waals surface area contributed by atoms with Crippen molar-refractivity contribution >= 4 is 17.3 Å². The van der Waals surface area contributed by atoms with Gasteiger partial charge in [-0.05, 0) is 43.5 Å². The fraction of sp³-hybridized carbons (Fsp3) is 0.611. The van der Waals surface area contributed by atoms with Crippen LogP contribution in [0.5, 0.6) is 0 Å². The Morgan fingerprint density at radius 3 is 2.55 bits per heavy atom. The molecule has 0 aliphatic carbocycles. The van der Waals surface area contributed by atoms with E-state index in [4.69, 9.17) is 0 Å². The van der Waals surface area contributed by atoms with Gasteiger partial charge in [-0.3, -0.25) is 4.79 Å². The second-order valence-electron chi connectivity index (χ2n) is 6.09. The first-order valence-corrected chi connectivity index (χ1v) is 8.53. The third-order valence-electron chi connectivity index (χ3n) is 4.28. The number of benzene rings is 1. The van der Waals surface area contributed by atoms with Gasteiger partial charge in [0.2, 0.25) is 5.91 Å². The van der Waals surface area contributed by atoms with Crippen LogP contribution in [0, 0.1) is 0 Å². The van der Waals surface area contributed by atoms with Crippen molar-refractivity contribution in [2.45, 2.75) is 39.0 Å². The van der Waals surface area contributed by atoms with Gasteiger partial charge in [0, 0.05) is 51.0 Å². The monoisotopic (exact) mass is 303 g/mol. The lowest BCUT2D eigenvalue weighted by molar-refractivity contribution is -0.129. The molecule has 4 nitrogen and oxygen atoms in total. The molecular formula is C18H29N3O. The smallest absolute Gasteiger partial charge is 0.224 e. The molecule has 0 spiro atoms. The summed E-state index contributed by atoms with van der Waals surface area (Å²) < 4.78 is 0. The summed E-state index contributed by atoms with van der Waals surface area (Å²) in [5, 5.41) is 3.34. The van der Waals surface area contributed by atoms with E-state index in [1.165, 1.54) is 31.6 Å². The molecule has 0 atom stereocenters. The van der Waals surface area contributed by atoms with Crippen LogP contribution >= 0.6 is 0 Å². The number of hydrogen-bond donors (Lipinski definition) is 1. The van der Waals surface area contributed by atoms with Gasteiger partial charge in [-0.1, -0.05) is 13.3 Å². The molecule has 0 aromatic heterocycles. The Labute approximate surface area is 134 Å². The lowest BCUT2D eigenvalue weighted by Crippen LogP contribution is -2.29. The maximum Gasteiger partial charge on any atom is 0.224 e. The van der Waals surface area contributed by atoms with Crippen molar-refractivity contribution in [3.05, 3.63) is 24.3 Å². The SMILES string of the molecule is CCCCN(C)C(=O)CCNc1ccc(N2CCCC2)cc1. The number of amides is 1. The molecular weight excluding hydrogens is 274 g/mol. The Balaban J connectivity index is 1.71. The zero-order chi connectivity index (χ0) is 15.8. The quantitative estimate of drug-likeness (QED) is 0.800. The maximum atomic E-state index is 11.9. The number of rotatable bonds is 8. The van der Waals surface area contributed by atoms with Crippen LogP contribution in [0.25, 0.3) is 0 Å². The van der Waals surface area contributed by atoms with Crippen LogP contribution in [0.3, 0.4) is 0 Å². The number of hydrogen-bond acceptors (Lipinski definition) is 3. The van der Waals surface area contributed by atoms with E-state index in [1.54, 1.807) is 0 Å². The van der Waals surface area contributed by atoms with Gasteiger partial charge in [-0.2, -0.15) is 0 Å². The minimum atomic E-state index is 0.217. The van der Waals surface area contributed by atoms with Gasteiger partial charge in [0.25, 0.3) is 0 Å². The highest BCUT2D eigenvalue weighted by Crippen LogP contribution is 2.21. The average molecular weight is 303 g/mol. The summed E-state index contributed by atoms with van der Waals surface area (Å²) in [5.74, 6) is 0.217. The molecule has 1 fully saturated rings. The second kappa shape index (κ2) is 8.66. The molecule has 1 aliphatic rings. The molecule has 1 aliphatic heterocycles. The van der Waals surface area contributed by atoms with Crippen molar-refractivity contribution < 1.29 is 4.79 Å². The highest BCUT2D eigenvalue weighted by Gasteiger charge is 2.12. The van der Waals surface area contributed by atoms with Crippen molar-refractivity contribution in [1.29, 1.82) is 0 Å². The second-order valence-corrected chi connectivity index (χ2v) is 6.09. The number of unbranched alkanes of at least 4 members (excludes halogenated alkanes) is 1. The Bertz CT molecular complexity index is 452. The largest absolute Gasteiger partial charge is 0.385 e. The third kappa shape index (κ3) is 4.93. The lowest BCUT2D eigenvalue weighted by atomic mass is 10.2. The van der Waals surface area contributed by atoms with Crippen LogP contribution in [-0.4, -0.2) is 44.0 Å². The lowest BCUT2D eigenvalue weighted by Gasteiger charge is -2.18. The summed E-state index contributed by atoms with van der Waals surface area (Å²) in [7, 11) is 1.89. The zero-order valence-corrected chi connectivity index (χ0v) is 14.0. The van der Waals surface area contributed by atoms with E-state index in [0.717, 1.165) is 25.1 Å². The van der Waals surface area contributed by atoms with Crippen LogP contribution < -0.4 is 10.2 Å². The molecule has 1 heterocycles. The fourth-order valence-electron chi connectivity index (χ4n) is 2.79. The van der Waals surface area contributed by atoms with Crippen molar-refractivity contribution in [2.24, 2.45) is 0 Å². The third-order valence-corrected chi connectivity index (χ3v) is 4.28. The molecule has 0 unspecified atom stereocenters. The number of carbonyl (C=O) groups is 1. The van der Waals surface area contributed by atoms with Gasteiger partial charge in [-0.15, -0.1) is 0 Å². The molecule has 122 valence electrons. The van der Waals surface area contributed by atoms with Crippen LogP contribution in [0.15, 0.2) is 24.3 Å². The van der Waals surface area contributed by atoms with Crippen molar-refractivity contribution in [3.63, 3.8) is 0 Å². The maximum absolute atomic E-state index is 11.9. The van der Waals surface area contributed by atoms with E-state index in [1.807, 2.05) is 11.9 Å². The molecule has 1 aromatic carbocycles. The van der Waals surface area contributed by atoms with E-state index in [-0.39, 0.29) is 5.91 Å². The van der Waals surface area contributed by atoms with Crippen LogP contribution in [0.4, 0.5) is 11.4 Å². The van der Waals surface area contributed by atoms with Crippen molar-refractivity contribution in [1.82, 2.24) is 4.90 Å². The van der Waals surface area contributed by atoms with E-state index < -0.39 is 0 Å². The number of anilines is 2. The molecule has 1 amide bonds. The molecule has 0 bridgehead atoms. The molecule has 1 saturated heterocycles. The predicted molar refractivity (Wildman–Crippen MR) is 93.5 cm³/mol. The fourth-order valence-corrected chi connectivity index (χ4v) is 2.79. The van der Waals surface area contributed by atoms with Gasteiger partial charge >= 0.3 is 0 Å². The van der Waals surface area contributed by atoms with Crippen molar-refractivity contribution in [2.75, 3.05) is 43.4 Å². The van der Waals surface area contributed by atoms with E-state index >= 15 is 0 Å². The Hall–Kier alpha value is -1.71. The molecule has 22 heavy (non-hydrogen) atoms. The summed E-state index contributed by atoms with van der Waals surface area (Å²) in [6.45, 7) is 6.04. The van der Waals surface area contributed by atoms with E-state index in [0.29, 0.717) is 13.0 Å². The number of nitrogens with one attached hydrogen (secondary N) is 1. The van der Waals surface area contributed by atoms with Crippen LogP contribution in [0.1, 0.15) is 39.0 Å². The van der Waals surface area contributed by atoms with Gasteiger partial charge < -0.3 is 15.1 Å². The van der Waals surface area contributed by atoms with Gasteiger partial charge in [0.15, 0.2) is 0 Å². The van der Waals surface area contributed by atoms with Gasteiger partial charge in [0.05, 0.1) is 0 Å². The molecule has 2 rings (SSSR count). The van der Waals surface area contributed by atoms with Gasteiger partial charge in [0.1, 0.15) is 0 Å². The average Bonchev–Trinajstić information content (AvgIpc) is 3.07. The van der Waals surface area contributed by atoms with Crippen LogP contribution in [-0.2, 0) is 4.79 Å². The topological polar surface area (TPSA) is 35.6 Å². The van der Waals surface area contributed by atoms with Crippen molar-refractivity contribution in [3.8, 4) is 0 Å². The molecule has 4 heteroatoms. The first-order chi connectivity index (χ1) is 10.7. The van der Waals surface area contributed by atoms with Gasteiger partial charge in [-0.25, -0.2) is 0 Å². The van der Waals surface area contributed by atoms with Crippen LogP contribution in [0.2, 0.25) is 0 Å². The standard InChI is InChI=1S/C18H29N3O/c1-3-4-13-20(2)18(22)11-12-19-16-7-9-17(10-8-16)21-14-5-6-15-21/h7-10,19H,3-6,11-15H2,1-2H3. The molecule has 1 N–H and O–H groups in total. The first-order valence-electron chi connectivity index (χ1n) is 8.53. The molecule has 1 aromatic rings. The highest BCUT2D eigenvalue weighted by atomic mass is 16.2. The minimum absolute atomic E-state index is 0.217. The summed E-state index contributed by atoms with van der Waals surface area (Å²) >= 11 is 0. The number of nitrogens with zero attached hydrogens (tertiary/aromatic N) is 2. The first kappa shape index (κ1) is 16.7. The molecule has 0 radical (unpaired) electrons. The van der Waals surface area contributed by atoms with E-state index in [9.17, 15) is 4.79 Å². The Morgan fingerprint density at radius 2 is 1.91 bits per heavy atom. The predicted octanol–water partition coefficient (Wildman–Crippen LogP) is 3.35. The summed E-state index contributed by atoms with van der Waals surface area (Å²) in [6.07, 6.45) is 5.35.